The van der Waals surface area contributed by atoms with E-state index in [0.29, 0.717) is 17.9 Å². The van der Waals surface area contributed by atoms with E-state index in [1.165, 1.54) is 4.90 Å². The van der Waals surface area contributed by atoms with Gasteiger partial charge in [-0.15, -0.1) is 11.8 Å². The molecule has 1 aliphatic rings. The van der Waals surface area contributed by atoms with Crippen LogP contribution in [0.4, 0.5) is 0 Å². The Morgan fingerprint density at radius 2 is 1.92 bits per heavy atom. The number of hydrogen-bond acceptors (Lipinski definition) is 5. The van der Waals surface area contributed by atoms with Crippen LogP contribution >= 0.6 is 11.8 Å². The van der Waals surface area contributed by atoms with Crippen LogP contribution in [0, 0.1) is 0 Å². The number of esters is 1. The van der Waals surface area contributed by atoms with Gasteiger partial charge in [0.1, 0.15) is 5.75 Å². The molecule has 2 aromatic rings. The van der Waals surface area contributed by atoms with E-state index < -0.39 is 5.97 Å². The third-order valence-corrected chi connectivity index (χ3v) is 4.20. The van der Waals surface area contributed by atoms with Gasteiger partial charge < -0.3 is 9.47 Å². The Hall–Kier alpha value is -2.53. The highest BCUT2D eigenvalue weighted by Crippen LogP contribution is 2.25. The van der Waals surface area contributed by atoms with E-state index in [1.807, 2.05) is 61.7 Å². The number of aliphatic imine (C=N–C) groups is 1. The molecule has 0 unspecified atom stereocenters. The first-order chi connectivity index (χ1) is 11.7. The highest BCUT2D eigenvalue weighted by Gasteiger charge is 2.26. The molecule has 0 radical (unpaired) electrons. The number of carbonyl (C=O) groups is 1. The number of rotatable bonds is 5. The van der Waals surface area contributed by atoms with E-state index >= 15 is 0 Å². The second-order valence-corrected chi connectivity index (χ2v) is 5.92. The van der Waals surface area contributed by atoms with Crippen LogP contribution < -0.4 is 4.74 Å². The molecule has 3 rings (SSSR count). The van der Waals surface area contributed by atoms with E-state index in [-0.39, 0.29) is 11.6 Å². The Bertz CT molecular complexity index is 810. The monoisotopic (exact) mass is 339 g/mol. The van der Waals surface area contributed by atoms with Gasteiger partial charge in [-0.25, -0.2) is 9.79 Å². The average molecular weight is 339 g/mol. The van der Waals surface area contributed by atoms with E-state index in [0.717, 1.165) is 5.56 Å². The number of nitrogens with zero attached hydrogens (tertiary/aromatic N) is 1. The van der Waals surface area contributed by atoms with Crippen molar-refractivity contribution in [2.45, 2.75) is 11.8 Å². The number of thioether (sulfide) groups is 1. The maximum Gasteiger partial charge on any atom is 0.363 e. The van der Waals surface area contributed by atoms with Crippen molar-refractivity contribution in [1.29, 1.82) is 0 Å². The minimum atomic E-state index is -0.453. The molecule has 0 fully saturated rings. The summed E-state index contributed by atoms with van der Waals surface area (Å²) in [7, 11) is 0. The summed E-state index contributed by atoms with van der Waals surface area (Å²) in [5.41, 5.74) is 1.87. The lowest BCUT2D eigenvalue weighted by atomic mass is 10.2. The van der Waals surface area contributed by atoms with Gasteiger partial charge in [-0.1, -0.05) is 24.3 Å². The molecule has 4 nitrogen and oxygen atoms in total. The summed E-state index contributed by atoms with van der Waals surface area (Å²) in [6, 6.07) is 15.3. The molecule has 0 saturated carbocycles. The molecule has 24 heavy (non-hydrogen) atoms. The molecule has 0 aromatic heterocycles. The largest absolute Gasteiger partial charge is 0.493 e. The van der Waals surface area contributed by atoms with Crippen molar-refractivity contribution in [1.82, 2.24) is 0 Å². The fourth-order valence-corrected chi connectivity index (χ4v) is 2.72. The third-order valence-electron chi connectivity index (χ3n) is 3.46. The Kier molecular flexibility index (Phi) is 5.01. The molecule has 0 N–H and O–H groups in total. The van der Waals surface area contributed by atoms with Gasteiger partial charge in [-0.3, -0.25) is 0 Å². The third kappa shape index (κ3) is 3.51. The van der Waals surface area contributed by atoms with Crippen LogP contribution in [0.3, 0.4) is 0 Å². The Balaban J connectivity index is 1.91. The summed E-state index contributed by atoms with van der Waals surface area (Å²) in [4.78, 5) is 17.6. The summed E-state index contributed by atoms with van der Waals surface area (Å²) in [5, 5.41) is 0. The quantitative estimate of drug-likeness (QED) is 0.466. The highest BCUT2D eigenvalue weighted by molar-refractivity contribution is 7.98. The number of cyclic esters (lactones) is 1. The van der Waals surface area contributed by atoms with Crippen molar-refractivity contribution in [3.8, 4) is 5.75 Å². The smallest absolute Gasteiger partial charge is 0.363 e. The lowest BCUT2D eigenvalue weighted by Crippen LogP contribution is -2.07. The topological polar surface area (TPSA) is 47.9 Å². The highest BCUT2D eigenvalue weighted by atomic mass is 32.2. The molecule has 0 aliphatic carbocycles. The van der Waals surface area contributed by atoms with Gasteiger partial charge >= 0.3 is 5.97 Å². The maximum atomic E-state index is 12.1. The molecular formula is C19H17NO3S. The first-order valence-corrected chi connectivity index (χ1v) is 8.82. The van der Waals surface area contributed by atoms with Crippen molar-refractivity contribution in [2.75, 3.05) is 12.9 Å². The van der Waals surface area contributed by atoms with Crippen LogP contribution in [0.5, 0.6) is 5.75 Å². The Morgan fingerprint density at radius 1 is 1.17 bits per heavy atom. The van der Waals surface area contributed by atoms with Crippen LogP contribution in [-0.4, -0.2) is 24.7 Å². The Morgan fingerprint density at radius 3 is 2.62 bits per heavy atom. The van der Waals surface area contributed by atoms with Gasteiger partial charge in [0.05, 0.1) is 12.2 Å². The second-order valence-electron chi connectivity index (χ2n) is 5.04. The zero-order valence-corrected chi connectivity index (χ0v) is 14.3. The van der Waals surface area contributed by atoms with Crippen LogP contribution in [0.15, 0.2) is 64.1 Å². The fraction of sp³-hybridized carbons (Fsp3) is 0.158. The number of benzene rings is 2. The molecule has 5 heteroatoms. The van der Waals surface area contributed by atoms with E-state index in [2.05, 4.69) is 4.99 Å². The van der Waals surface area contributed by atoms with Crippen LogP contribution in [-0.2, 0) is 9.53 Å². The SMILES string of the molecule is CCOc1ccccc1C1=NC(=Cc2ccc(SC)cc2)C(=O)O1. The first-order valence-electron chi connectivity index (χ1n) is 7.60. The van der Waals surface area contributed by atoms with Crippen molar-refractivity contribution in [3.05, 3.63) is 65.4 Å². The van der Waals surface area contributed by atoms with Gasteiger partial charge in [-0.05, 0) is 49.1 Å². The Labute approximate surface area is 145 Å². The van der Waals surface area contributed by atoms with Crippen LogP contribution in [0.1, 0.15) is 18.1 Å². The zero-order chi connectivity index (χ0) is 16.9. The molecule has 0 atom stereocenters. The number of ether oxygens (including phenoxy) is 2. The molecule has 0 saturated heterocycles. The minimum absolute atomic E-state index is 0.274. The molecule has 0 amide bonds. The number of carbonyl (C=O) groups excluding carboxylic acids is 1. The number of para-hydroxylation sites is 1. The first kappa shape index (κ1) is 16.3. The standard InChI is InChI=1S/C19H17NO3S/c1-3-22-17-7-5-4-6-15(17)18-20-16(19(21)23-18)12-13-8-10-14(24-2)11-9-13/h4-12H,3H2,1-2H3. The van der Waals surface area contributed by atoms with Crippen LogP contribution in [0.2, 0.25) is 0 Å². The van der Waals surface area contributed by atoms with Crippen molar-refractivity contribution in [2.24, 2.45) is 4.99 Å². The van der Waals surface area contributed by atoms with Crippen molar-refractivity contribution >= 4 is 29.7 Å². The molecule has 2 aromatic carbocycles. The second kappa shape index (κ2) is 7.36. The summed E-state index contributed by atoms with van der Waals surface area (Å²) in [6.07, 6.45) is 3.75. The predicted molar refractivity (Wildman–Crippen MR) is 96.4 cm³/mol. The summed E-state index contributed by atoms with van der Waals surface area (Å²) in [6.45, 7) is 2.44. The molecule has 1 aliphatic heterocycles. The molecule has 1 heterocycles. The average Bonchev–Trinajstić information content (AvgIpc) is 2.97. The zero-order valence-electron chi connectivity index (χ0n) is 13.5. The summed E-state index contributed by atoms with van der Waals surface area (Å²) < 4.78 is 10.9. The summed E-state index contributed by atoms with van der Waals surface area (Å²) in [5.74, 6) is 0.471. The van der Waals surface area contributed by atoms with Gasteiger partial charge in [0.15, 0.2) is 5.70 Å². The number of hydrogen-bond donors (Lipinski definition) is 0. The van der Waals surface area contributed by atoms with Crippen LogP contribution in [0.25, 0.3) is 6.08 Å². The lowest BCUT2D eigenvalue weighted by molar-refractivity contribution is -0.129. The normalized spacial score (nSPS) is 15.3. The van der Waals surface area contributed by atoms with Gasteiger partial charge in [-0.2, -0.15) is 0 Å². The van der Waals surface area contributed by atoms with E-state index in [9.17, 15) is 4.79 Å². The van der Waals surface area contributed by atoms with Gasteiger partial charge in [0.2, 0.25) is 5.90 Å². The van der Waals surface area contributed by atoms with E-state index in [1.54, 1.807) is 17.8 Å². The minimum Gasteiger partial charge on any atom is -0.493 e. The van der Waals surface area contributed by atoms with Gasteiger partial charge in [0.25, 0.3) is 0 Å². The van der Waals surface area contributed by atoms with Crippen molar-refractivity contribution in [3.63, 3.8) is 0 Å². The molecular weight excluding hydrogens is 322 g/mol. The van der Waals surface area contributed by atoms with Crippen molar-refractivity contribution < 1.29 is 14.3 Å². The van der Waals surface area contributed by atoms with E-state index in [4.69, 9.17) is 9.47 Å². The molecule has 122 valence electrons. The maximum absolute atomic E-state index is 12.1. The molecule has 0 spiro atoms. The predicted octanol–water partition coefficient (Wildman–Crippen LogP) is 4.15. The molecule has 0 bridgehead atoms. The fourth-order valence-electron chi connectivity index (χ4n) is 2.31. The van der Waals surface area contributed by atoms with Gasteiger partial charge in [0, 0.05) is 4.90 Å². The lowest BCUT2D eigenvalue weighted by Gasteiger charge is -2.08. The summed E-state index contributed by atoms with van der Waals surface area (Å²) >= 11 is 1.67.